The van der Waals surface area contributed by atoms with E-state index >= 15 is 0 Å². The molecule has 1 N–H and O–H groups in total. The van der Waals surface area contributed by atoms with E-state index in [0.717, 1.165) is 25.6 Å². The Bertz CT molecular complexity index is 522. The van der Waals surface area contributed by atoms with Crippen molar-refractivity contribution in [3.8, 4) is 11.3 Å². The van der Waals surface area contributed by atoms with E-state index in [1.165, 1.54) is 5.56 Å². The Balaban J connectivity index is 2.53. The van der Waals surface area contributed by atoms with Gasteiger partial charge in [-0.15, -0.1) is 11.3 Å². The topological polar surface area (TPSA) is 33.1 Å². The fourth-order valence-electron chi connectivity index (χ4n) is 1.54. The maximum atomic E-state index is 9.28. The predicted molar refractivity (Wildman–Crippen MR) is 70.6 cm³/mol. The van der Waals surface area contributed by atoms with Gasteiger partial charge in [0.15, 0.2) is 0 Å². The summed E-state index contributed by atoms with van der Waals surface area (Å²) in [5, 5.41) is 10.3. The van der Waals surface area contributed by atoms with Gasteiger partial charge < -0.3 is 5.11 Å². The second-order valence-corrected chi connectivity index (χ2v) is 5.77. The molecule has 0 aliphatic heterocycles. The molecule has 84 valence electrons. The van der Waals surface area contributed by atoms with Gasteiger partial charge in [0.1, 0.15) is 0 Å². The molecule has 0 saturated heterocycles. The molecule has 0 aliphatic carbocycles. The maximum Gasteiger partial charge on any atom is 0.0905 e. The lowest BCUT2D eigenvalue weighted by Gasteiger charge is -2.03. The van der Waals surface area contributed by atoms with Crippen molar-refractivity contribution in [2.75, 3.05) is 0 Å². The summed E-state index contributed by atoms with van der Waals surface area (Å²) in [5.74, 6) is 0. The quantitative estimate of drug-likeness (QED) is 0.917. The third-order valence-electron chi connectivity index (χ3n) is 2.39. The van der Waals surface area contributed by atoms with E-state index in [1.54, 1.807) is 11.3 Å². The summed E-state index contributed by atoms with van der Waals surface area (Å²) in [4.78, 5) is 5.38. The van der Waals surface area contributed by atoms with Crippen molar-refractivity contribution < 1.29 is 5.11 Å². The Hall–Kier alpha value is -0.710. The van der Waals surface area contributed by atoms with Crippen molar-refractivity contribution in [2.45, 2.75) is 20.5 Å². The van der Waals surface area contributed by atoms with Crippen LogP contribution >= 0.6 is 27.3 Å². The summed E-state index contributed by atoms with van der Waals surface area (Å²) in [6.07, 6.45) is 0. The molecule has 0 unspecified atom stereocenters. The van der Waals surface area contributed by atoms with Crippen LogP contribution in [0, 0.1) is 13.8 Å². The Labute approximate surface area is 107 Å². The van der Waals surface area contributed by atoms with E-state index in [2.05, 4.69) is 27.0 Å². The summed E-state index contributed by atoms with van der Waals surface area (Å²) in [6.45, 7) is 4.05. The van der Waals surface area contributed by atoms with Gasteiger partial charge in [-0.05, 0) is 25.5 Å². The second kappa shape index (κ2) is 4.65. The van der Waals surface area contributed by atoms with E-state index in [-0.39, 0.29) is 6.61 Å². The van der Waals surface area contributed by atoms with Gasteiger partial charge in [-0.2, -0.15) is 0 Å². The van der Waals surface area contributed by atoms with Gasteiger partial charge in [-0.25, -0.2) is 4.98 Å². The zero-order chi connectivity index (χ0) is 11.7. The number of nitrogens with zero attached hydrogens (tertiary/aromatic N) is 1. The van der Waals surface area contributed by atoms with Gasteiger partial charge in [-0.3, -0.25) is 0 Å². The second-order valence-electron chi connectivity index (χ2n) is 3.63. The number of aliphatic hydroxyl groups excluding tert-OH is 1. The van der Waals surface area contributed by atoms with Crippen molar-refractivity contribution in [3.05, 3.63) is 38.1 Å². The molecule has 2 aromatic rings. The molecule has 0 fully saturated rings. The van der Waals surface area contributed by atoms with Crippen LogP contribution in [0.3, 0.4) is 0 Å². The fourth-order valence-corrected chi connectivity index (χ4v) is 2.74. The molecule has 0 amide bonds. The standard InChI is InChI=1S/C12H12BrNOS/c1-7-3-4-9(5-10(7)13)12-11(6-15)16-8(2)14-12/h3-5,15H,6H2,1-2H3. The number of hydrogen-bond donors (Lipinski definition) is 1. The number of rotatable bonds is 2. The SMILES string of the molecule is Cc1nc(-c2ccc(C)c(Br)c2)c(CO)s1. The minimum atomic E-state index is 0.0480. The molecule has 0 atom stereocenters. The minimum absolute atomic E-state index is 0.0480. The molecule has 0 spiro atoms. The van der Waals surface area contributed by atoms with Crippen molar-refractivity contribution >= 4 is 27.3 Å². The molecule has 2 nitrogen and oxygen atoms in total. The zero-order valence-corrected chi connectivity index (χ0v) is 11.5. The van der Waals surface area contributed by atoms with Crippen LogP contribution < -0.4 is 0 Å². The summed E-state index contributed by atoms with van der Waals surface area (Å²) >= 11 is 5.05. The Morgan fingerprint density at radius 2 is 2.12 bits per heavy atom. The smallest absolute Gasteiger partial charge is 0.0905 e. The van der Waals surface area contributed by atoms with Gasteiger partial charge in [-0.1, -0.05) is 28.1 Å². The average molecular weight is 298 g/mol. The number of aromatic nitrogens is 1. The number of aliphatic hydroxyl groups is 1. The summed E-state index contributed by atoms with van der Waals surface area (Å²) in [5.41, 5.74) is 3.14. The minimum Gasteiger partial charge on any atom is -0.391 e. The van der Waals surface area contributed by atoms with Gasteiger partial charge in [0.25, 0.3) is 0 Å². The number of thiazole rings is 1. The first-order valence-corrected chi connectivity index (χ1v) is 6.56. The van der Waals surface area contributed by atoms with Gasteiger partial charge >= 0.3 is 0 Å². The number of benzene rings is 1. The lowest BCUT2D eigenvalue weighted by Crippen LogP contribution is -1.86. The molecule has 1 heterocycles. The highest BCUT2D eigenvalue weighted by Crippen LogP contribution is 2.30. The first-order chi connectivity index (χ1) is 7.61. The van der Waals surface area contributed by atoms with Crippen molar-refractivity contribution in [2.24, 2.45) is 0 Å². The highest BCUT2D eigenvalue weighted by atomic mass is 79.9. The molecular weight excluding hydrogens is 286 g/mol. The summed E-state index contributed by atoms with van der Waals surface area (Å²) < 4.78 is 1.07. The van der Waals surface area contributed by atoms with Gasteiger partial charge in [0, 0.05) is 10.0 Å². The summed E-state index contributed by atoms with van der Waals surface area (Å²) in [7, 11) is 0. The molecule has 0 saturated carbocycles. The normalized spacial score (nSPS) is 10.8. The van der Waals surface area contributed by atoms with E-state index in [4.69, 9.17) is 0 Å². The van der Waals surface area contributed by atoms with Crippen LogP contribution in [0.2, 0.25) is 0 Å². The molecular formula is C12H12BrNOS. The van der Waals surface area contributed by atoms with Crippen molar-refractivity contribution in [1.82, 2.24) is 4.98 Å². The lowest BCUT2D eigenvalue weighted by atomic mass is 10.1. The largest absolute Gasteiger partial charge is 0.391 e. The van der Waals surface area contributed by atoms with E-state index in [0.29, 0.717) is 0 Å². The van der Waals surface area contributed by atoms with E-state index in [1.807, 2.05) is 26.0 Å². The number of hydrogen-bond acceptors (Lipinski definition) is 3. The molecule has 1 aromatic carbocycles. The molecule has 16 heavy (non-hydrogen) atoms. The van der Waals surface area contributed by atoms with Crippen molar-refractivity contribution in [1.29, 1.82) is 0 Å². The third-order valence-corrected chi connectivity index (χ3v) is 4.20. The van der Waals surface area contributed by atoms with Crippen LogP contribution in [0.15, 0.2) is 22.7 Å². The molecule has 4 heteroatoms. The van der Waals surface area contributed by atoms with Crippen LogP contribution in [0.1, 0.15) is 15.4 Å². The van der Waals surface area contributed by atoms with Crippen LogP contribution in [0.4, 0.5) is 0 Å². The van der Waals surface area contributed by atoms with Crippen molar-refractivity contribution in [3.63, 3.8) is 0 Å². The first-order valence-electron chi connectivity index (χ1n) is 4.95. The Morgan fingerprint density at radius 1 is 1.38 bits per heavy atom. The fraction of sp³-hybridized carbons (Fsp3) is 0.250. The lowest BCUT2D eigenvalue weighted by molar-refractivity contribution is 0.286. The van der Waals surface area contributed by atoms with Crippen LogP contribution in [0.5, 0.6) is 0 Å². The molecule has 0 radical (unpaired) electrons. The highest BCUT2D eigenvalue weighted by molar-refractivity contribution is 9.10. The maximum absolute atomic E-state index is 9.28. The van der Waals surface area contributed by atoms with Gasteiger partial charge in [0.05, 0.1) is 22.2 Å². The highest BCUT2D eigenvalue weighted by Gasteiger charge is 2.11. The van der Waals surface area contributed by atoms with Crippen LogP contribution in [-0.2, 0) is 6.61 Å². The number of halogens is 1. The van der Waals surface area contributed by atoms with E-state index in [9.17, 15) is 5.11 Å². The molecule has 1 aromatic heterocycles. The molecule has 0 aliphatic rings. The monoisotopic (exact) mass is 297 g/mol. The summed E-state index contributed by atoms with van der Waals surface area (Å²) in [6, 6.07) is 6.13. The molecule has 0 bridgehead atoms. The van der Waals surface area contributed by atoms with Gasteiger partial charge in [0.2, 0.25) is 0 Å². The Morgan fingerprint density at radius 3 is 2.75 bits per heavy atom. The van der Waals surface area contributed by atoms with E-state index < -0.39 is 0 Å². The predicted octanol–water partition coefficient (Wildman–Crippen LogP) is 3.68. The third kappa shape index (κ3) is 2.19. The number of aryl methyl sites for hydroxylation is 2. The molecule has 2 rings (SSSR count). The van der Waals surface area contributed by atoms with Crippen LogP contribution in [-0.4, -0.2) is 10.1 Å². The zero-order valence-electron chi connectivity index (χ0n) is 9.12. The average Bonchev–Trinajstić information content (AvgIpc) is 2.63. The first kappa shape index (κ1) is 11.8. The Kier molecular flexibility index (Phi) is 3.42. The van der Waals surface area contributed by atoms with Crippen LogP contribution in [0.25, 0.3) is 11.3 Å².